The average Bonchev–Trinajstić information content (AvgIpc) is 2.18. The smallest absolute Gasteiger partial charge is 0.248 e. The molecule has 0 unspecified atom stereocenters. The molecule has 0 aromatic heterocycles. The van der Waals surface area contributed by atoms with Gasteiger partial charge in [-0.25, -0.2) is 8.78 Å². The van der Waals surface area contributed by atoms with E-state index in [1.54, 1.807) is 0 Å². The molecule has 0 amide bonds. The fraction of sp³-hybridized carbons (Fsp3) is 0.917. The first-order valence-electron chi connectivity index (χ1n) is 5.96. The van der Waals surface area contributed by atoms with Crippen LogP contribution in [0.1, 0.15) is 58.3 Å². The first kappa shape index (κ1) is 12.6. The Labute approximate surface area is 90.2 Å². The van der Waals surface area contributed by atoms with Crippen LogP contribution in [0.3, 0.4) is 0 Å². The van der Waals surface area contributed by atoms with Gasteiger partial charge in [-0.1, -0.05) is 19.8 Å². The summed E-state index contributed by atoms with van der Waals surface area (Å²) in [4.78, 5) is 11.6. The monoisotopic (exact) mass is 218 g/mol. The van der Waals surface area contributed by atoms with Gasteiger partial charge in [-0.15, -0.1) is 0 Å². The Kier molecular flexibility index (Phi) is 4.68. The zero-order valence-corrected chi connectivity index (χ0v) is 9.40. The maximum Gasteiger partial charge on any atom is 0.248 e. The van der Waals surface area contributed by atoms with E-state index < -0.39 is 5.92 Å². The Bertz CT molecular complexity index is 204. The summed E-state index contributed by atoms with van der Waals surface area (Å²) in [5, 5.41) is 0. The molecule has 0 atom stereocenters. The summed E-state index contributed by atoms with van der Waals surface area (Å²) in [6.45, 7) is 2.09. The second-order valence-corrected chi connectivity index (χ2v) is 4.55. The van der Waals surface area contributed by atoms with Crippen molar-refractivity contribution in [2.24, 2.45) is 5.92 Å². The Balaban J connectivity index is 2.24. The van der Waals surface area contributed by atoms with Crippen LogP contribution < -0.4 is 0 Å². The van der Waals surface area contributed by atoms with Gasteiger partial charge in [0, 0.05) is 25.2 Å². The number of alkyl halides is 2. The molecule has 1 saturated carbocycles. The molecule has 0 radical (unpaired) electrons. The summed E-state index contributed by atoms with van der Waals surface area (Å²) < 4.78 is 25.7. The van der Waals surface area contributed by atoms with E-state index in [9.17, 15) is 13.6 Å². The lowest BCUT2D eigenvalue weighted by atomic mass is 9.83. The Morgan fingerprint density at radius 3 is 2.40 bits per heavy atom. The largest absolute Gasteiger partial charge is 0.299 e. The molecule has 0 spiro atoms. The van der Waals surface area contributed by atoms with E-state index >= 15 is 0 Å². The number of hydrogen-bond donors (Lipinski definition) is 0. The van der Waals surface area contributed by atoms with Crippen LogP contribution >= 0.6 is 0 Å². The van der Waals surface area contributed by atoms with E-state index in [4.69, 9.17) is 0 Å². The molecule has 0 bridgehead atoms. The molecule has 15 heavy (non-hydrogen) atoms. The molecule has 0 aromatic rings. The summed E-state index contributed by atoms with van der Waals surface area (Å²) >= 11 is 0. The number of carbonyl (C=O) groups is 1. The zero-order chi connectivity index (χ0) is 11.3. The molecular formula is C12H20F2O. The minimum Gasteiger partial charge on any atom is -0.299 e. The van der Waals surface area contributed by atoms with Gasteiger partial charge in [0.05, 0.1) is 0 Å². The van der Waals surface area contributed by atoms with E-state index in [-0.39, 0.29) is 24.5 Å². The Morgan fingerprint density at radius 1 is 1.27 bits per heavy atom. The summed E-state index contributed by atoms with van der Waals surface area (Å²) in [6.07, 6.45) is 4.24. The van der Waals surface area contributed by atoms with Crippen molar-refractivity contribution in [3.63, 3.8) is 0 Å². The number of halogens is 2. The van der Waals surface area contributed by atoms with Gasteiger partial charge in [-0.2, -0.15) is 0 Å². The molecule has 0 N–H and O–H groups in total. The lowest BCUT2D eigenvalue weighted by Crippen LogP contribution is -2.28. The van der Waals surface area contributed by atoms with E-state index in [1.807, 2.05) is 0 Å². The van der Waals surface area contributed by atoms with Crippen molar-refractivity contribution >= 4 is 5.78 Å². The molecule has 0 saturated heterocycles. The highest BCUT2D eigenvalue weighted by Gasteiger charge is 2.36. The minimum atomic E-state index is -2.51. The average molecular weight is 218 g/mol. The molecule has 1 aliphatic rings. The first-order chi connectivity index (χ1) is 7.05. The first-order valence-corrected chi connectivity index (χ1v) is 5.96. The molecule has 0 heterocycles. The quantitative estimate of drug-likeness (QED) is 0.638. The van der Waals surface area contributed by atoms with Crippen molar-refractivity contribution in [3.05, 3.63) is 0 Å². The van der Waals surface area contributed by atoms with Gasteiger partial charge in [0.2, 0.25) is 5.92 Å². The third-order valence-electron chi connectivity index (χ3n) is 3.20. The molecule has 1 rings (SSSR count). The highest BCUT2D eigenvalue weighted by Crippen LogP contribution is 2.36. The predicted octanol–water partition coefficient (Wildman–Crippen LogP) is 3.96. The number of hydrogen-bond acceptors (Lipinski definition) is 1. The maximum absolute atomic E-state index is 12.8. The SMILES string of the molecule is CCCCCC(=O)C1CCC(F)(F)CC1. The second kappa shape index (κ2) is 5.57. The van der Waals surface area contributed by atoms with Crippen LogP contribution in [0, 0.1) is 5.92 Å². The number of ketones is 1. The molecule has 0 aromatic carbocycles. The van der Waals surface area contributed by atoms with Crippen molar-refractivity contribution in [1.29, 1.82) is 0 Å². The number of carbonyl (C=O) groups excluding carboxylic acids is 1. The lowest BCUT2D eigenvalue weighted by molar-refractivity contribution is -0.127. The lowest BCUT2D eigenvalue weighted by Gasteiger charge is -2.27. The van der Waals surface area contributed by atoms with Crippen LogP contribution in [0.4, 0.5) is 8.78 Å². The predicted molar refractivity (Wildman–Crippen MR) is 56.1 cm³/mol. The second-order valence-electron chi connectivity index (χ2n) is 4.55. The maximum atomic E-state index is 12.8. The van der Waals surface area contributed by atoms with E-state index in [2.05, 4.69) is 6.92 Å². The summed E-state index contributed by atoms with van der Waals surface area (Å²) in [7, 11) is 0. The van der Waals surface area contributed by atoms with Crippen LogP contribution in [-0.4, -0.2) is 11.7 Å². The minimum absolute atomic E-state index is 0.0820. The zero-order valence-electron chi connectivity index (χ0n) is 9.40. The fourth-order valence-electron chi connectivity index (χ4n) is 2.12. The Morgan fingerprint density at radius 2 is 1.87 bits per heavy atom. The molecule has 0 aliphatic heterocycles. The summed E-state index contributed by atoms with van der Waals surface area (Å²) in [5.41, 5.74) is 0. The molecule has 1 nitrogen and oxygen atoms in total. The highest BCUT2D eigenvalue weighted by atomic mass is 19.3. The van der Waals surface area contributed by atoms with Crippen molar-refractivity contribution in [3.8, 4) is 0 Å². The third kappa shape index (κ3) is 4.27. The van der Waals surface area contributed by atoms with Crippen LogP contribution in [0.25, 0.3) is 0 Å². The standard InChI is InChI=1S/C12H20F2O/c1-2-3-4-5-11(15)10-6-8-12(13,14)9-7-10/h10H,2-9H2,1H3. The molecule has 88 valence electrons. The van der Waals surface area contributed by atoms with Crippen LogP contribution in [0.5, 0.6) is 0 Å². The van der Waals surface area contributed by atoms with Gasteiger partial charge in [0.15, 0.2) is 0 Å². The Hall–Kier alpha value is -0.470. The molecular weight excluding hydrogens is 198 g/mol. The number of Topliss-reactive ketones (excluding diaryl/α,β-unsaturated/α-hetero) is 1. The van der Waals surface area contributed by atoms with Gasteiger partial charge < -0.3 is 0 Å². The van der Waals surface area contributed by atoms with Gasteiger partial charge in [0.1, 0.15) is 5.78 Å². The topological polar surface area (TPSA) is 17.1 Å². The summed E-state index contributed by atoms with van der Waals surface area (Å²) in [5.74, 6) is -2.39. The van der Waals surface area contributed by atoms with Gasteiger partial charge >= 0.3 is 0 Å². The number of unbranched alkanes of at least 4 members (excludes halogenated alkanes) is 2. The third-order valence-corrected chi connectivity index (χ3v) is 3.20. The fourth-order valence-corrected chi connectivity index (χ4v) is 2.12. The van der Waals surface area contributed by atoms with Crippen molar-refractivity contribution in [2.75, 3.05) is 0 Å². The van der Waals surface area contributed by atoms with Crippen LogP contribution in [0.2, 0.25) is 0 Å². The van der Waals surface area contributed by atoms with Gasteiger partial charge in [-0.3, -0.25) is 4.79 Å². The van der Waals surface area contributed by atoms with Crippen LogP contribution in [-0.2, 0) is 4.79 Å². The van der Waals surface area contributed by atoms with E-state index in [1.165, 1.54) is 0 Å². The van der Waals surface area contributed by atoms with Crippen molar-refractivity contribution in [2.45, 2.75) is 64.2 Å². The molecule has 3 heteroatoms. The van der Waals surface area contributed by atoms with Gasteiger partial charge in [-0.05, 0) is 19.3 Å². The normalized spacial score (nSPS) is 21.5. The molecule has 1 fully saturated rings. The van der Waals surface area contributed by atoms with Crippen molar-refractivity contribution < 1.29 is 13.6 Å². The highest BCUT2D eigenvalue weighted by molar-refractivity contribution is 5.81. The summed E-state index contributed by atoms with van der Waals surface area (Å²) in [6, 6.07) is 0. The van der Waals surface area contributed by atoms with E-state index in [0.29, 0.717) is 19.3 Å². The van der Waals surface area contributed by atoms with Gasteiger partial charge in [0.25, 0.3) is 0 Å². The van der Waals surface area contributed by atoms with Crippen LogP contribution in [0.15, 0.2) is 0 Å². The number of rotatable bonds is 5. The van der Waals surface area contributed by atoms with E-state index in [0.717, 1.165) is 19.3 Å². The molecule has 1 aliphatic carbocycles. The van der Waals surface area contributed by atoms with Crippen molar-refractivity contribution in [1.82, 2.24) is 0 Å².